The van der Waals surface area contributed by atoms with E-state index in [1.807, 2.05) is 55.7 Å². The van der Waals surface area contributed by atoms with E-state index in [0.717, 1.165) is 92.5 Å². The minimum atomic E-state index is -0.485. The van der Waals surface area contributed by atoms with E-state index >= 15 is 0 Å². The molecule has 0 spiro atoms. The first-order valence-electron chi connectivity index (χ1n) is 15.8. The van der Waals surface area contributed by atoms with E-state index in [1.54, 1.807) is 12.1 Å². The van der Waals surface area contributed by atoms with E-state index in [2.05, 4.69) is 32.2 Å². The minimum absolute atomic E-state index is 0.187. The number of nitrogens with one attached hydrogen (secondary N) is 1. The van der Waals surface area contributed by atoms with Crippen molar-refractivity contribution >= 4 is 17.6 Å². The number of imidazole rings is 1. The highest BCUT2D eigenvalue weighted by molar-refractivity contribution is 5.67. The number of nitrogens with zero attached hydrogens (tertiary/aromatic N) is 6. The van der Waals surface area contributed by atoms with Gasteiger partial charge < -0.3 is 15.0 Å². The molecule has 0 radical (unpaired) electrons. The molecule has 44 heavy (non-hydrogen) atoms. The second-order valence-electron chi connectivity index (χ2n) is 12.9. The van der Waals surface area contributed by atoms with Crippen LogP contribution in [-0.2, 0) is 4.74 Å². The zero-order valence-corrected chi connectivity index (χ0v) is 25.9. The monoisotopic (exact) mass is 599 g/mol. The standard InChI is InChI=1S/C34H42FN7O2/c1-34(2,3)44-33(43)36-16-7-17-40-18-20-41(21-19-40)32-13-6-12-29(38-32)30-23-37-31-15-14-28(39-42(30)31)27-11-5-10-26(27)24-8-4-9-25(35)22-24/h4,6,8-9,12-15,22-23,26-27H,5,7,10-11,16-21H2,1-3H3,(H,36,43)/t26-,27?/m1/s1. The van der Waals surface area contributed by atoms with Crippen molar-refractivity contribution in [2.24, 2.45) is 0 Å². The molecule has 10 heteroatoms. The molecule has 232 valence electrons. The van der Waals surface area contributed by atoms with Gasteiger partial charge in [0.15, 0.2) is 5.65 Å². The number of alkyl carbamates (subject to hydrolysis) is 1. The van der Waals surface area contributed by atoms with Crippen molar-refractivity contribution in [2.45, 2.75) is 63.9 Å². The number of pyridine rings is 1. The second kappa shape index (κ2) is 12.9. The van der Waals surface area contributed by atoms with Crippen LogP contribution in [0.1, 0.15) is 69.5 Å². The first kappa shape index (κ1) is 30.0. The number of fused-ring (bicyclic) bond motifs is 1. The van der Waals surface area contributed by atoms with E-state index in [4.69, 9.17) is 14.8 Å². The lowest BCUT2D eigenvalue weighted by atomic mass is 9.86. The number of benzene rings is 1. The lowest BCUT2D eigenvalue weighted by molar-refractivity contribution is 0.0525. The van der Waals surface area contributed by atoms with Gasteiger partial charge in [0, 0.05) is 38.6 Å². The molecule has 2 fully saturated rings. The topological polar surface area (TPSA) is 87.9 Å². The Labute approximate surface area is 258 Å². The Morgan fingerprint density at radius 3 is 2.61 bits per heavy atom. The zero-order valence-electron chi connectivity index (χ0n) is 25.9. The molecule has 1 amide bonds. The van der Waals surface area contributed by atoms with Crippen LogP contribution in [-0.4, -0.2) is 75.4 Å². The number of ether oxygens (including phenoxy) is 1. The number of amides is 1. The summed E-state index contributed by atoms with van der Waals surface area (Å²) in [6.07, 6.45) is 5.52. The fraction of sp³-hybridized carbons (Fsp3) is 0.471. The molecule has 9 nitrogen and oxygen atoms in total. The summed E-state index contributed by atoms with van der Waals surface area (Å²) in [7, 11) is 0. The predicted molar refractivity (Wildman–Crippen MR) is 169 cm³/mol. The number of carbonyl (C=O) groups excluding carboxylic acids is 1. The molecule has 1 N–H and O–H groups in total. The Kier molecular flexibility index (Phi) is 8.79. The van der Waals surface area contributed by atoms with E-state index in [9.17, 15) is 9.18 Å². The van der Waals surface area contributed by atoms with Crippen molar-refractivity contribution in [3.8, 4) is 11.4 Å². The Morgan fingerprint density at radius 2 is 1.82 bits per heavy atom. The van der Waals surface area contributed by atoms with Crippen molar-refractivity contribution in [2.75, 3.05) is 44.2 Å². The SMILES string of the molecule is CC(C)(C)OC(=O)NCCCN1CCN(c2cccc(-c3cnc4ccc(C5CCC[C@@H]5c5cccc(F)c5)nn34)n2)CC1. The molecular formula is C34H42FN7O2. The summed E-state index contributed by atoms with van der Waals surface area (Å²) >= 11 is 0. The first-order chi connectivity index (χ1) is 21.2. The maximum atomic E-state index is 14.0. The largest absolute Gasteiger partial charge is 0.444 e. The van der Waals surface area contributed by atoms with Gasteiger partial charge in [-0.3, -0.25) is 4.90 Å². The Balaban J connectivity index is 1.09. The van der Waals surface area contributed by atoms with E-state index in [0.29, 0.717) is 6.54 Å². The number of aromatic nitrogens is 4. The zero-order chi connectivity index (χ0) is 30.7. The van der Waals surface area contributed by atoms with Gasteiger partial charge in [-0.2, -0.15) is 5.10 Å². The average molecular weight is 600 g/mol. The van der Waals surface area contributed by atoms with Crippen LogP contribution in [0.4, 0.5) is 15.0 Å². The van der Waals surface area contributed by atoms with Gasteiger partial charge in [-0.15, -0.1) is 0 Å². The summed E-state index contributed by atoms with van der Waals surface area (Å²) in [5, 5.41) is 7.92. The summed E-state index contributed by atoms with van der Waals surface area (Å²) < 4.78 is 21.2. The Hall–Kier alpha value is -4.05. The van der Waals surface area contributed by atoms with E-state index < -0.39 is 5.60 Å². The van der Waals surface area contributed by atoms with Gasteiger partial charge in [-0.1, -0.05) is 24.6 Å². The molecule has 1 unspecified atom stereocenters. The molecule has 4 aromatic rings. The minimum Gasteiger partial charge on any atom is -0.444 e. The summed E-state index contributed by atoms with van der Waals surface area (Å²) in [6.45, 7) is 10.8. The van der Waals surface area contributed by atoms with Gasteiger partial charge in [-0.25, -0.2) is 23.7 Å². The van der Waals surface area contributed by atoms with Crippen LogP contribution < -0.4 is 10.2 Å². The number of hydrogen-bond acceptors (Lipinski definition) is 7. The van der Waals surface area contributed by atoms with Gasteiger partial charge in [-0.05, 0) is 94.5 Å². The van der Waals surface area contributed by atoms with Crippen molar-refractivity contribution in [1.29, 1.82) is 0 Å². The number of anilines is 1. The third-order valence-corrected chi connectivity index (χ3v) is 8.57. The highest BCUT2D eigenvalue weighted by Crippen LogP contribution is 2.45. The molecule has 1 saturated heterocycles. The molecule has 1 aromatic carbocycles. The smallest absolute Gasteiger partial charge is 0.407 e. The van der Waals surface area contributed by atoms with Crippen LogP contribution in [0.25, 0.3) is 17.0 Å². The predicted octanol–water partition coefficient (Wildman–Crippen LogP) is 6.02. The molecule has 1 saturated carbocycles. The van der Waals surface area contributed by atoms with Crippen LogP contribution in [0.3, 0.4) is 0 Å². The van der Waals surface area contributed by atoms with E-state index in [1.165, 1.54) is 6.07 Å². The van der Waals surface area contributed by atoms with Crippen molar-refractivity contribution < 1.29 is 13.9 Å². The highest BCUT2D eigenvalue weighted by atomic mass is 19.1. The summed E-state index contributed by atoms with van der Waals surface area (Å²) in [5.41, 5.74) is 4.06. The quantitative estimate of drug-likeness (QED) is 0.248. The number of hydrogen-bond donors (Lipinski definition) is 1. The fourth-order valence-corrected chi connectivity index (χ4v) is 6.46. The summed E-state index contributed by atoms with van der Waals surface area (Å²) in [6, 6.07) is 17.2. The fourth-order valence-electron chi connectivity index (χ4n) is 6.46. The van der Waals surface area contributed by atoms with Gasteiger partial charge in [0.25, 0.3) is 0 Å². The van der Waals surface area contributed by atoms with Gasteiger partial charge >= 0.3 is 6.09 Å². The van der Waals surface area contributed by atoms with Gasteiger partial charge in [0.1, 0.15) is 22.9 Å². The van der Waals surface area contributed by atoms with Crippen LogP contribution in [0.15, 0.2) is 60.8 Å². The van der Waals surface area contributed by atoms with Gasteiger partial charge in [0.05, 0.1) is 17.6 Å². The van der Waals surface area contributed by atoms with Crippen LogP contribution in [0.2, 0.25) is 0 Å². The lowest BCUT2D eigenvalue weighted by Gasteiger charge is -2.35. The van der Waals surface area contributed by atoms with Gasteiger partial charge in [0.2, 0.25) is 0 Å². The highest BCUT2D eigenvalue weighted by Gasteiger charge is 2.31. The molecule has 4 heterocycles. The third-order valence-electron chi connectivity index (χ3n) is 8.57. The van der Waals surface area contributed by atoms with Crippen LogP contribution in [0, 0.1) is 5.82 Å². The molecule has 2 atom stereocenters. The maximum Gasteiger partial charge on any atom is 0.407 e. The van der Waals surface area contributed by atoms with Crippen LogP contribution >= 0.6 is 0 Å². The number of halogens is 1. The Morgan fingerprint density at radius 1 is 1.02 bits per heavy atom. The molecule has 6 rings (SSSR count). The number of rotatable bonds is 8. The molecular weight excluding hydrogens is 557 g/mol. The van der Waals surface area contributed by atoms with Crippen molar-refractivity contribution in [3.63, 3.8) is 0 Å². The van der Waals surface area contributed by atoms with Crippen molar-refractivity contribution in [3.05, 3.63) is 77.9 Å². The first-order valence-corrected chi connectivity index (χ1v) is 15.8. The number of carbonyl (C=O) groups is 1. The number of piperazine rings is 1. The third kappa shape index (κ3) is 7.01. The molecule has 1 aliphatic heterocycles. The average Bonchev–Trinajstić information content (AvgIpc) is 3.66. The normalized spacial score (nSPS) is 19.4. The van der Waals surface area contributed by atoms with Crippen LogP contribution in [0.5, 0.6) is 0 Å². The van der Waals surface area contributed by atoms with E-state index in [-0.39, 0.29) is 23.7 Å². The molecule has 0 bridgehead atoms. The molecule has 3 aromatic heterocycles. The van der Waals surface area contributed by atoms with Crippen molar-refractivity contribution in [1.82, 2.24) is 29.8 Å². The summed E-state index contributed by atoms with van der Waals surface area (Å²) in [4.78, 5) is 26.3. The molecule has 2 aliphatic rings. The maximum absolute atomic E-state index is 14.0. The molecule has 1 aliphatic carbocycles. The lowest BCUT2D eigenvalue weighted by Crippen LogP contribution is -2.47. The summed E-state index contributed by atoms with van der Waals surface area (Å²) in [5.74, 6) is 1.25. The Bertz CT molecular complexity index is 1590. The second-order valence-corrected chi connectivity index (χ2v) is 12.9.